The fraction of sp³-hybridized carbons (Fsp3) is 0.333. The van der Waals surface area contributed by atoms with Crippen LogP contribution in [0.2, 0.25) is 0 Å². The number of nitrogens with zero attached hydrogens (tertiary/aromatic N) is 3. The highest BCUT2D eigenvalue weighted by molar-refractivity contribution is 5.86. The van der Waals surface area contributed by atoms with Gasteiger partial charge in [-0.05, 0) is 69.3 Å². The average molecular weight is 463 g/mol. The number of allylic oxidation sites excluding steroid dienone is 1. The Morgan fingerprint density at radius 1 is 1.15 bits per heavy atom. The van der Waals surface area contributed by atoms with Crippen molar-refractivity contribution in [3.8, 4) is 28.5 Å². The van der Waals surface area contributed by atoms with Crippen LogP contribution in [-0.2, 0) is 0 Å². The molecule has 0 amide bonds. The van der Waals surface area contributed by atoms with Gasteiger partial charge in [-0.15, -0.1) is 0 Å². The highest BCUT2D eigenvalue weighted by Gasteiger charge is 2.27. The molecule has 0 bridgehead atoms. The Bertz CT molecular complexity index is 1170. The van der Waals surface area contributed by atoms with Crippen LogP contribution >= 0.6 is 0 Å². The van der Waals surface area contributed by atoms with Gasteiger partial charge in [-0.2, -0.15) is 4.39 Å². The van der Waals surface area contributed by atoms with Crippen molar-refractivity contribution in [2.45, 2.75) is 38.6 Å². The first-order valence-corrected chi connectivity index (χ1v) is 11.7. The van der Waals surface area contributed by atoms with Crippen LogP contribution in [0.5, 0.6) is 17.2 Å². The number of aromatic nitrogens is 2. The summed E-state index contributed by atoms with van der Waals surface area (Å²) in [5.74, 6) is 1.16. The summed E-state index contributed by atoms with van der Waals surface area (Å²) in [6.45, 7) is 3.13. The van der Waals surface area contributed by atoms with E-state index in [-0.39, 0.29) is 17.5 Å². The summed E-state index contributed by atoms with van der Waals surface area (Å²) in [5, 5.41) is 8.13. The molecular formula is C27H31FN4O2. The van der Waals surface area contributed by atoms with Crippen molar-refractivity contribution in [3.63, 3.8) is 0 Å². The lowest BCUT2D eigenvalue weighted by Gasteiger charge is -2.31. The lowest BCUT2D eigenvalue weighted by Crippen LogP contribution is -2.31. The fourth-order valence-corrected chi connectivity index (χ4v) is 4.35. The van der Waals surface area contributed by atoms with Crippen LogP contribution in [0.15, 0.2) is 48.5 Å². The van der Waals surface area contributed by atoms with Gasteiger partial charge in [0.1, 0.15) is 11.6 Å². The molecule has 1 unspecified atom stereocenters. The fourth-order valence-electron chi connectivity index (χ4n) is 4.35. The van der Waals surface area contributed by atoms with Crippen LogP contribution < -0.4 is 9.47 Å². The maximum absolute atomic E-state index is 14.5. The third-order valence-electron chi connectivity index (χ3n) is 6.17. The molecular weight excluding hydrogens is 431 g/mol. The quantitative estimate of drug-likeness (QED) is 0.387. The molecule has 7 heteroatoms. The van der Waals surface area contributed by atoms with Crippen molar-refractivity contribution in [2.24, 2.45) is 0 Å². The van der Waals surface area contributed by atoms with Gasteiger partial charge in [0, 0.05) is 18.0 Å². The molecule has 0 radical (unpaired) electrons. The predicted molar refractivity (Wildman–Crippen MR) is 133 cm³/mol. The van der Waals surface area contributed by atoms with Gasteiger partial charge in [-0.25, -0.2) is 4.98 Å². The van der Waals surface area contributed by atoms with Crippen LogP contribution in [0.3, 0.4) is 0 Å². The maximum Gasteiger partial charge on any atom is 0.207 e. The molecule has 6 nitrogen and oxygen atoms in total. The molecule has 1 atom stereocenters. The van der Waals surface area contributed by atoms with E-state index >= 15 is 0 Å². The van der Waals surface area contributed by atoms with E-state index in [0.717, 1.165) is 42.2 Å². The summed E-state index contributed by atoms with van der Waals surface area (Å²) in [7, 11) is 3.56. The Morgan fingerprint density at radius 2 is 1.91 bits per heavy atom. The standard InChI is InChI=1S/C27H31FN4O2/c1-4-5-17-32-22(18-29)26(30-27(32)21-9-6-7-16-31(21)2)19-12-14-20(15-13-19)34-24-11-8-10-23(33-3)25(24)28/h5,8,10-15,17-18,21,29H,4,6-7,9,16H2,1-3H3/b17-5-,29-18?. The van der Waals surface area contributed by atoms with Crippen LogP contribution in [0, 0.1) is 11.2 Å². The topological polar surface area (TPSA) is 63.4 Å². The lowest BCUT2D eigenvalue weighted by atomic mass is 10.0. The van der Waals surface area contributed by atoms with Crippen molar-refractivity contribution < 1.29 is 13.9 Å². The number of nitrogens with one attached hydrogen (secondary N) is 1. The van der Waals surface area contributed by atoms with E-state index in [4.69, 9.17) is 19.9 Å². The molecule has 34 heavy (non-hydrogen) atoms. The minimum Gasteiger partial charge on any atom is -0.494 e. The molecule has 4 rings (SSSR count). The molecule has 2 heterocycles. The highest BCUT2D eigenvalue weighted by Crippen LogP contribution is 2.35. The van der Waals surface area contributed by atoms with E-state index < -0.39 is 5.82 Å². The van der Waals surface area contributed by atoms with Crippen molar-refractivity contribution >= 4 is 12.4 Å². The van der Waals surface area contributed by atoms with Crippen LogP contribution in [0.4, 0.5) is 4.39 Å². The van der Waals surface area contributed by atoms with Crippen molar-refractivity contribution in [1.82, 2.24) is 14.5 Å². The Kier molecular flexibility index (Phi) is 7.43. The first-order chi connectivity index (χ1) is 16.6. The number of likely N-dealkylation sites (tertiary alicyclic amines) is 1. The van der Waals surface area contributed by atoms with Crippen LogP contribution in [0.1, 0.15) is 50.2 Å². The number of imidazole rings is 1. The van der Waals surface area contributed by atoms with Crippen molar-refractivity contribution in [3.05, 3.63) is 65.9 Å². The lowest BCUT2D eigenvalue weighted by molar-refractivity contribution is 0.178. The average Bonchev–Trinajstić information content (AvgIpc) is 3.23. The molecule has 3 aromatic rings. The van der Waals surface area contributed by atoms with Gasteiger partial charge in [0.05, 0.1) is 24.5 Å². The summed E-state index contributed by atoms with van der Waals surface area (Å²) in [6.07, 6.45) is 9.79. The van der Waals surface area contributed by atoms with Gasteiger partial charge in [-0.1, -0.05) is 25.5 Å². The highest BCUT2D eigenvalue weighted by atomic mass is 19.1. The molecule has 1 N–H and O–H groups in total. The number of halogens is 1. The SMILES string of the molecule is CC/C=C\n1c(C2CCCCN2C)nc(-c2ccc(Oc3cccc(OC)c3F)cc2)c1C=N. The second-order valence-electron chi connectivity index (χ2n) is 8.40. The number of rotatable bonds is 8. The molecule has 0 aliphatic carbocycles. The molecule has 1 saturated heterocycles. The van der Waals surface area contributed by atoms with Gasteiger partial charge in [0.25, 0.3) is 0 Å². The second-order valence-corrected chi connectivity index (χ2v) is 8.40. The Balaban J connectivity index is 1.68. The van der Waals surface area contributed by atoms with Gasteiger partial charge in [0.2, 0.25) is 5.82 Å². The minimum absolute atomic E-state index is 0.101. The van der Waals surface area contributed by atoms with Gasteiger partial charge >= 0.3 is 0 Å². The van der Waals surface area contributed by atoms with Gasteiger partial charge in [-0.3, -0.25) is 4.90 Å². The number of ether oxygens (including phenoxy) is 2. The zero-order valence-corrected chi connectivity index (χ0v) is 19.9. The third-order valence-corrected chi connectivity index (χ3v) is 6.17. The van der Waals surface area contributed by atoms with E-state index in [1.165, 1.54) is 26.2 Å². The van der Waals surface area contributed by atoms with Gasteiger partial charge in [0.15, 0.2) is 11.5 Å². The number of methoxy groups -OCH3 is 1. The molecule has 0 spiro atoms. The Morgan fingerprint density at radius 3 is 2.59 bits per heavy atom. The Hall–Kier alpha value is -3.45. The van der Waals surface area contributed by atoms with Crippen molar-refractivity contribution in [2.75, 3.05) is 20.7 Å². The molecule has 1 aliphatic heterocycles. The summed E-state index contributed by atoms with van der Waals surface area (Å²) in [4.78, 5) is 7.38. The summed E-state index contributed by atoms with van der Waals surface area (Å²) < 4.78 is 27.3. The largest absolute Gasteiger partial charge is 0.494 e. The van der Waals surface area contributed by atoms with Crippen molar-refractivity contribution in [1.29, 1.82) is 5.41 Å². The molecule has 178 valence electrons. The second kappa shape index (κ2) is 10.7. The molecule has 1 fully saturated rings. The normalized spacial score (nSPS) is 16.6. The summed E-state index contributed by atoms with van der Waals surface area (Å²) in [6, 6.07) is 12.4. The first-order valence-electron chi connectivity index (χ1n) is 11.7. The van der Waals surface area contributed by atoms with Crippen LogP contribution in [-0.4, -0.2) is 41.4 Å². The van der Waals surface area contributed by atoms with E-state index in [2.05, 4.69) is 24.9 Å². The summed E-state index contributed by atoms with van der Waals surface area (Å²) >= 11 is 0. The van der Waals surface area contributed by atoms with E-state index in [0.29, 0.717) is 5.75 Å². The molecule has 1 aliphatic rings. The summed E-state index contributed by atoms with van der Waals surface area (Å²) in [5.41, 5.74) is 2.37. The van der Waals surface area contributed by atoms with Gasteiger partial charge < -0.3 is 19.5 Å². The molecule has 1 aromatic heterocycles. The Labute approximate surface area is 200 Å². The molecule has 2 aromatic carbocycles. The third kappa shape index (κ3) is 4.75. The van der Waals surface area contributed by atoms with Crippen LogP contribution in [0.25, 0.3) is 17.5 Å². The zero-order chi connectivity index (χ0) is 24.1. The number of piperidine rings is 1. The zero-order valence-electron chi connectivity index (χ0n) is 19.9. The van der Waals surface area contributed by atoms with E-state index in [1.54, 1.807) is 30.3 Å². The minimum atomic E-state index is -0.539. The predicted octanol–water partition coefficient (Wildman–Crippen LogP) is 6.53. The maximum atomic E-state index is 14.5. The first kappa shape index (κ1) is 23.7. The monoisotopic (exact) mass is 462 g/mol. The smallest absolute Gasteiger partial charge is 0.207 e. The van der Waals surface area contributed by atoms with E-state index in [1.807, 2.05) is 22.9 Å². The van der Waals surface area contributed by atoms with E-state index in [9.17, 15) is 4.39 Å². The number of benzene rings is 2. The molecule has 0 saturated carbocycles. The number of hydrogen-bond acceptors (Lipinski definition) is 5. The number of hydrogen-bond donors (Lipinski definition) is 1.